The molecule has 0 amide bonds. The van der Waals surface area contributed by atoms with E-state index in [-0.39, 0.29) is 0 Å². The molecular weight excluding hydrogens is 280 g/mol. The molecule has 0 aromatic carbocycles. The van der Waals surface area contributed by atoms with Crippen molar-refractivity contribution in [2.75, 3.05) is 11.9 Å². The van der Waals surface area contributed by atoms with E-state index in [1.165, 1.54) is 6.33 Å². The van der Waals surface area contributed by atoms with Gasteiger partial charge in [-0.15, -0.1) is 0 Å². The van der Waals surface area contributed by atoms with E-state index in [1.54, 1.807) is 18.5 Å². The minimum atomic E-state index is 0.542. The van der Waals surface area contributed by atoms with Gasteiger partial charge in [-0.25, -0.2) is 9.97 Å². The fourth-order valence-electron chi connectivity index (χ4n) is 1.95. The van der Waals surface area contributed by atoms with Crippen molar-refractivity contribution in [3.8, 4) is 5.88 Å². The van der Waals surface area contributed by atoms with Gasteiger partial charge in [-0.1, -0.05) is 6.07 Å². The molecule has 7 heteroatoms. The van der Waals surface area contributed by atoms with Gasteiger partial charge in [0, 0.05) is 18.5 Å². The van der Waals surface area contributed by atoms with Crippen LogP contribution in [0, 0.1) is 0 Å². The Hall–Kier alpha value is -2.96. The predicted octanol–water partition coefficient (Wildman–Crippen LogP) is 2.26. The number of nitrogens with zero attached hydrogens (tertiary/aromatic N) is 5. The van der Waals surface area contributed by atoms with Gasteiger partial charge in [0.1, 0.15) is 12.1 Å². The second kappa shape index (κ2) is 6.66. The second-order valence-electron chi connectivity index (χ2n) is 4.55. The molecule has 0 atom stereocenters. The summed E-state index contributed by atoms with van der Waals surface area (Å²) in [6.45, 7) is 3.10. The zero-order valence-electron chi connectivity index (χ0n) is 12.2. The number of pyridine rings is 1. The number of hydrogen-bond acceptors (Lipinski definition) is 6. The van der Waals surface area contributed by atoms with Crippen LogP contribution in [-0.4, -0.2) is 31.3 Å². The first-order valence-electron chi connectivity index (χ1n) is 6.97. The van der Waals surface area contributed by atoms with Crippen molar-refractivity contribution in [1.29, 1.82) is 0 Å². The van der Waals surface area contributed by atoms with Crippen LogP contribution in [0.4, 0.5) is 11.5 Å². The lowest BCUT2D eigenvalue weighted by atomic mass is 10.3. The Labute approximate surface area is 128 Å². The molecule has 0 aliphatic carbocycles. The van der Waals surface area contributed by atoms with Crippen molar-refractivity contribution in [3.63, 3.8) is 0 Å². The van der Waals surface area contributed by atoms with Crippen LogP contribution >= 0.6 is 0 Å². The summed E-state index contributed by atoms with van der Waals surface area (Å²) in [6, 6.07) is 7.57. The highest BCUT2D eigenvalue weighted by Gasteiger charge is 2.03. The van der Waals surface area contributed by atoms with Crippen molar-refractivity contribution in [2.24, 2.45) is 0 Å². The summed E-state index contributed by atoms with van der Waals surface area (Å²) in [4.78, 5) is 12.5. The van der Waals surface area contributed by atoms with E-state index in [9.17, 15) is 0 Å². The van der Waals surface area contributed by atoms with Crippen molar-refractivity contribution in [1.82, 2.24) is 24.7 Å². The summed E-state index contributed by atoms with van der Waals surface area (Å²) in [5, 5.41) is 7.48. The Bertz CT molecular complexity index is 728. The fraction of sp³-hybridized carbons (Fsp3) is 0.200. The summed E-state index contributed by atoms with van der Waals surface area (Å²) >= 11 is 0. The molecule has 0 saturated carbocycles. The van der Waals surface area contributed by atoms with Gasteiger partial charge < -0.3 is 10.1 Å². The summed E-state index contributed by atoms with van der Waals surface area (Å²) in [6.07, 6.45) is 6.88. The average Bonchev–Trinajstić information content (AvgIpc) is 2.96. The zero-order chi connectivity index (χ0) is 15.2. The van der Waals surface area contributed by atoms with E-state index in [2.05, 4.69) is 25.4 Å². The number of ether oxygens (including phenoxy) is 1. The van der Waals surface area contributed by atoms with Crippen molar-refractivity contribution in [2.45, 2.75) is 13.5 Å². The molecule has 0 fully saturated rings. The van der Waals surface area contributed by atoms with Crippen molar-refractivity contribution in [3.05, 3.63) is 54.9 Å². The third-order valence-electron chi connectivity index (χ3n) is 2.89. The molecule has 0 aliphatic heterocycles. The molecule has 0 bridgehead atoms. The quantitative estimate of drug-likeness (QED) is 0.751. The maximum Gasteiger partial charge on any atom is 0.218 e. The first-order chi connectivity index (χ1) is 10.8. The Morgan fingerprint density at radius 2 is 2.18 bits per heavy atom. The van der Waals surface area contributed by atoms with Crippen LogP contribution in [0.3, 0.4) is 0 Å². The molecule has 3 aromatic rings. The lowest BCUT2D eigenvalue weighted by Crippen LogP contribution is -2.01. The summed E-state index contributed by atoms with van der Waals surface area (Å²) in [5.41, 5.74) is 1.80. The summed E-state index contributed by atoms with van der Waals surface area (Å²) in [5.74, 6) is 1.21. The summed E-state index contributed by atoms with van der Waals surface area (Å²) < 4.78 is 7.16. The summed E-state index contributed by atoms with van der Waals surface area (Å²) in [7, 11) is 0. The Morgan fingerprint density at radius 3 is 3.00 bits per heavy atom. The topological polar surface area (TPSA) is 77.8 Å². The van der Waals surface area contributed by atoms with Crippen molar-refractivity contribution >= 4 is 11.5 Å². The first kappa shape index (κ1) is 14.0. The monoisotopic (exact) mass is 296 g/mol. The van der Waals surface area contributed by atoms with Crippen LogP contribution in [0.1, 0.15) is 12.6 Å². The molecule has 0 aliphatic rings. The van der Waals surface area contributed by atoms with Gasteiger partial charge in [-0.2, -0.15) is 5.10 Å². The highest BCUT2D eigenvalue weighted by atomic mass is 16.5. The lowest BCUT2D eigenvalue weighted by molar-refractivity contribution is 0.326. The molecule has 0 spiro atoms. The third kappa shape index (κ3) is 3.57. The van der Waals surface area contributed by atoms with Crippen LogP contribution in [0.2, 0.25) is 0 Å². The van der Waals surface area contributed by atoms with E-state index < -0.39 is 0 Å². The van der Waals surface area contributed by atoms with E-state index in [1.807, 2.05) is 36.0 Å². The molecule has 1 N–H and O–H groups in total. The number of anilines is 2. The first-order valence-corrected chi connectivity index (χ1v) is 6.97. The molecule has 22 heavy (non-hydrogen) atoms. The number of aromatic nitrogens is 5. The maximum atomic E-state index is 5.35. The highest BCUT2D eigenvalue weighted by Crippen LogP contribution is 2.16. The molecular formula is C15H16N6O. The third-order valence-corrected chi connectivity index (χ3v) is 2.89. The molecule has 0 radical (unpaired) electrons. The largest absolute Gasteiger partial charge is 0.478 e. The Kier molecular flexibility index (Phi) is 4.24. The number of rotatable bonds is 6. The molecule has 0 saturated heterocycles. The maximum absolute atomic E-state index is 5.35. The van der Waals surface area contributed by atoms with Crippen LogP contribution in [0.5, 0.6) is 5.88 Å². The van der Waals surface area contributed by atoms with Crippen LogP contribution in [0.25, 0.3) is 0 Å². The Balaban J connectivity index is 1.68. The average molecular weight is 296 g/mol. The zero-order valence-corrected chi connectivity index (χ0v) is 12.2. The van der Waals surface area contributed by atoms with Crippen LogP contribution < -0.4 is 10.1 Å². The van der Waals surface area contributed by atoms with E-state index in [0.29, 0.717) is 24.8 Å². The Morgan fingerprint density at radius 1 is 1.23 bits per heavy atom. The SMILES string of the molecule is CCOc1cc(Nc2cnn(Cc3ccccn3)c2)ncn1. The van der Waals surface area contributed by atoms with Gasteiger partial charge in [0.2, 0.25) is 5.88 Å². The number of nitrogens with one attached hydrogen (secondary N) is 1. The standard InChI is InChI=1S/C15H16N6O/c1-2-22-15-7-14(17-11-18-15)20-13-8-19-21(10-13)9-12-5-3-4-6-16-12/h3-8,10-11H,2,9H2,1H3,(H,17,18,20). The highest BCUT2D eigenvalue weighted by molar-refractivity contribution is 5.54. The molecule has 3 heterocycles. The minimum Gasteiger partial charge on any atom is -0.478 e. The van der Waals surface area contributed by atoms with Gasteiger partial charge in [0.05, 0.1) is 30.7 Å². The van der Waals surface area contributed by atoms with Crippen LogP contribution in [0.15, 0.2) is 49.2 Å². The number of hydrogen-bond donors (Lipinski definition) is 1. The van der Waals surface area contributed by atoms with Crippen molar-refractivity contribution < 1.29 is 4.74 Å². The van der Waals surface area contributed by atoms with E-state index >= 15 is 0 Å². The van der Waals surface area contributed by atoms with E-state index in [0.717, 1.165) is 11.4 Å². The van der Waals surface area contributed by atoms with Gasteiger partial charge in [-0.3, -0.25) is 9.67 Å². The molecule has 3 aromatic heterocycles. The minimum absolute atomic E-state index is 0.542. The second-order valence-corrected chi connectivity index (χ2v) is 4.55. The molecule has 112 valence electrons. The normalized spacial score (nSPS) is 10.4. The van der Waals surface area contributed by atoms with Crippen LogP contribution in [-0.2, 0) is 6.54 Å². The molecule has 3 rings (SSSR count). The van der Waals surface area contributed by atoms with E-state index in [4.69, 9.17) is 4.74 Å². The van der Waals surface area contributed by atoms with Gasteiger partial charge in [0.25, 0.3) is 0 Å². The predicted molar refractivity (Wildman–Crippen MR) is 82.0 cm³/mol. The fourth-order valence-corrected chi connectivity index (χ4v) is 1.95. The smallest absolute Gasteiger partial charge is 0.218 e. The lowest BCUT2D eigenvalue weighted by Gasteiger charge is -2.05. The van der Waals surface area contributed by atoms with Gasteiger partial charge >= 0.3 is 0 Å². The van der Waals surface area contributed by atoms with Gasteiger partial charge in [0.15, 0.2) is 0 Å². The molecule has 7 nitrogen and oxygen atoms in total. The van der Waals surface area contributed by atoms with Gasteiger partial charge in [-0.05, 0) is 19.1 Å². The molecule has 0 unspecified atom stereocenters.